The summed E-state index contributed by atoms with van der Waals surface area (Å²) in [5.74, 6) is 0.0886. The maximum atomic E-state index is 13.1. The van der Waals surface area contributed by atoms with Gasteiger partial charge in [-0.1, -0.05) is 81.4 Å². The summed E-state index contributed by atoms with van der Waals surface area (Å²) in [5, 5.41) is 13.1. The molecule has 121 valence electrons. The number of hydrogen-bond acceptors (Lipinski definition) is 1. The van der Waals surface area contributed by atoms with Crippen LogP contribution in [-0.4, -0.2) is 4.75 Å². The van der Waals surface area contributed by atoms with Crippen molar-refractivity contribution >= 4 is 11.8 Å². The highest BCUT2D eigenvalue weighted by molar-refractivity contribution is 8.00. The molecule has 0 saturated carbocycles. The summed E-state index contributed by atoms with van der Waals surface area (Å²) in [6, 6.07) is 23.9. The summed E-state index contributed by atoms with van der Waals surface area (Å²) in [7, 11) is 0. The topological polar surface area (TPSA) is 19.9 Å². The van der Waals surface area contributed by atoms with Crippen molar-refractivity contribution in [3.8, 4) is 28.0 Å². The van der Waals surface area contributed by atoms with Crippen LogP contribution in [0.4, 0.5) is 0 Å². The molecule has 0 aromatic heterocycles. The van der Waals surface area contributed by atoms with Crippen LogP contribution in [0, 0.1) is 0 Å². The van der Waals surface area contributed by atoms with E-state index in [0.29, 0.717) is 0 Å². The van der Waals surface area contributed by atoms with Crippen LogP contribution in [0.5, 0.6) is 5.75 Å². The van der Waals surface area contributed by atoms with Crippen molar-refractivity contribution in [2.75, 3.05) is 0 Å². The minimum absolute atomic E-state index is 0.0886. The second kappa shape index (κ2) is 6.74. The van der Waals surface area contributed by atoms with E-state index in [1.54, 1.807) is 11.8 Å². The largest absolute Gasteiger partial charge is 0.289 e. The molecule has 0 amide bonds. The molecule has 0 spiro atoms. The van der Waals surface area contributed by atoms with E-state index < -0.39 is 0 Å². The molecule has 2 heteroatoms. The summed E-state index contributed by atoms with van der Waals surface area (Å²) >= 11 is 1.79. The Bertz CT molecular complexity index is 757. The Kier molecular flexibility index (Phi) is 4.68. The number of benzene rings is 3. The summed E-state index contributed by atoms with van der Waals surface area (Å²) in [5.41, 5.74) is 3.47. The highest BCUT2D eigenvalue weighted by Gasteiger charge is 2.18. The molecule has 3 aromatic rings. The summed E-state index contributed by atoms with van der Waals surface area (Å²) in [6.45, 7) is 6.56. The first-order chi connectivity index (χ1) is 11.4. The Morgan fingerprint density at radius 2 is 1.12 bits per heavy atom. The third-order valence-electron chi connectivity index (χ3n) is 3.66. The molecule has 1 radical (unpaired) electrons. The van der Waals surface area contributed by atoms with Gasteiger partial charge < -0.3 is 0 Å². The summed E-state index contributed by atoms with van der Waals surface area (Å²) < 4.78 is 0.0896. The van der Waals surface area contributed by atoms with Gasteiger partial charge >= 0.3 is 0 Å². The SMILES string of the molecule is CC(C)(C)Sc1cc(-c2ccccc2)c([O])c(-c2ccccc2)c1. The van der Waals surface area contributed by atoms with E-state index in [0.717, 1.165) is 27.1 Å². The van der Waals surface area contributed by atoms with E-state index in [4.69, 9.17) is 0 Å². The fraction of sp³-hybridized carbons (Fsp3) is 0.182. The van der Waals surface area contributed by atoms with E-state index >= 15 is 0 Å². The predicted molar refractivity (Wildman–Crippen MR) is 103 cm³/mol. The molecule has 0 N–H and O–H groups in total. The lowest BCUT2D eigenvalue weighted by atomic mass is 9.97. The van der Waals surface area contributed by atoms with Gasteiger partial charge in [0.2, 0.25) is 0 Å². The van der Waals surface area contributed by atoms with Crippen molar-refractivity contribution in [3.05, 3.63) is 72.8 Å². The minimum Gasteiger partial charge on any atom is -0.289 e. The predicted octanol–water partition coefficient (Wildman–Crippen LogP) is 7.06. The smallest absolute Gasteiger partial charge is 0.194 e. The molecule has 0 aliphatic rings. The van der Waals surface area contributed by atoms with Crippen LogP contribution in [-0.2, 0) is 5.11 Å². The maximum absolute atomic E-state index is 13.1. The second-order valence-corrected chi connectivity index (χ2v) is 8.69. The number of hydrogen-bond donors (Lipinski definition) is 0. The molecule has 0 aliphatic heterocycles. The van der Waals surface area contributed by atoms with Gasteiger partial charge in [-0.05, 0) is 23.3 Å². The van der Waals surface area contributed by atoms with Crippen LogP contribution < -0.4 is 0 Å². The van der Waals surface area contributed by atoms with E-state index in [-0.39, 0.29) is 10.5 Å². The molecule has 0 bridgehead atoms. The van der Waals surface area contributed by atoms with Gasteiger partial charge in [0.05, 0.1) is 0 Å². The Balaban J connectivity index is 2.20. The molecule has 0 atom stereocenters. The fourth-order valence-electron chi connectivity index (χ4n) is 2.68. The van der Waals surface area contributed by atoms with Crippen LogP contribution in [0.15, 0.2) is 77.7 Å². The third kappa shape index (κ3) is 3.82. The zero-order valence-electron chi connectivity index (χ0n) is 14.2. The van der Waals surface area contributed by atoms with Crippen LogP contribution in [0.3, 0.4) is 0 Å². The van der Waals surface area contributed by atoms with Crippen LogP contribution in [0.1, 0.15) is 20.8 Å². The molecule has 3 rings (SSSR count). The Labute approximate surface area is 148 Å². The van der Waals surface area contributed by atoms with Gasteiger partial charge in [0.15, 0.2) is 5.75 Å². The molecule has 1 nitrogen and oxygen atoms in total. The van der Waals surface area contributed by atoms with E-state index in [2.05, 4.69) is 20.8 Å². The maximum Gasteiger partial charge on any atom is 0.194 e. The highest BCUT2D eigenvalue weighted by Crippen LogP contribution is 2.44. The highest BCUT2D eigenvalue weighted by atomic mass is 32.2. The monoisotopic (exact) mass is 333 g/mol. The second-order valence-electron chi connectivity index (χ2n) is 6.79. The van der Waals surface area contributed by atoms with Gasteiger partial charge in [0, 0.05) is 20.8 Å². The summed E-state index contributed by atoms with van der Waals surface area (Å²) in [4.78, 5) is 1.12. The van der Waals surface area contributed by atoms with Crippen molar-refractivity contribution in [3.63, 3.8) is 0 Å². The van der Waals surface area contributed by atoms with Crippen molar-refractivity contribution in [1.29, 1.82) is 0 Å². The standard InChI is InChI=1S/C22H21OS/c1-22(2,3)24-18-14-19(16-10-6-4-7-11-16)21(23)20(15-18)17-12-8-5-9-13-17/h4-15H,1-3H3. The molecule has 0 unspecified atom stereocenters. The minimum atomic E-state index is 0.0886. The molecule has 0 saturated heterocycles. The quantitative estimate of drug-likeness (QED) is 0.470. The van der Waals surface area contributed by atoms with Gasteiger partial charge in [0.25, 0.3) is 0 Å². The van der Waals surface area contributed by atoms with Crippen LogP contribution in [0.25, 0.3) is 22.3 Å². The van der Waals surface area contributed by atoms with Gasteiger partial charge in [-0.15, -0.1) is 11.8 Å². The van der Waals surface area contributed by atoms with Gasteiger partial charge in [-0.3, -0.25) is 5.11 Å². The molecule has 3 aromatic carbocycles. The molecular weight excluding hydrogens is 312 g/mol. The lowest BCUT2D eigenvalue weighted by molar-refractivity contribution is 0.358. The fourth-order valence-corrected chi connectivity index (χ4v) is 3.74. The average Bonchev–Trinajstić information content (AvgIpc) is 2.56. The van der Waals surface area contributed by atoms with E-state index in [9.17, 15) is 5.11 Å². The Morgan fingerprint density at radius 1 is 0.708 bits per heavy atom. The van der Waals surface area contributed by atoms with Crippen molar-refractivity contribution in [2.45, 2.75) is 30.4 Å². The lowest BCUT2D eigenvalue weighted by Gasteiger charge is -2.19. The Morgan fingerprint density at radius 3 is 1.50 bits per heavy atom. The van der Waals surface area contributed by atoms with Crippen LogP contribution in [0.2, 0.25) is 0 Å². The van der Waals surface area contributed by atoms with Crippen molar-refractivity contribution in [2.24, 2.45) is 0 Å². The van der Waals surface area contributed by atoms with Gasteiger partial charge in [-0.2, -0.15) is 0 Å². The molecule has 0 aliphatic carbocycles. The first-order valence-electron chi connectivity index (χ1n) is 8.09. The van der Waals surface area contributed by atoms with Crippen LogP contribution >= 0.6 is 11.8 Å². The van der Waals surface area contributed by atoms with Crippen molar-refractivity contribution < 1.29 is 5.11 Å². The molecular formula is C22H21OS. The molecule has 0 heterocycles. The number of rotatable bonds is 3. The average molecular weight is 333 g/mol. The summed E-state index contributed by atoms with van der Waals surface area (Å²) in [6.07, 6.45) is 0. The third-order valence-corrected chi connectivity index (χ3v) is 4.74. The normalized spacial score (nSPS) is 11.5. The van der Waals surface area contributed by atoms with Crippen molar-refractivity contribution in [1.82, 2.24) is 0 Å². The lowest BCUT2D eigenvalue weighted by Crippen LogP contribution is -2.06. The number of thioether (sulfide) groups is 1. The zero-order valence-corrected chi connectivity index (χ0v) is 15.1. The molecule has 0 fully saturated rings. The molecule has 24 heavy (non-hydrogen) atoms. The zero-order chi connectivity index (χ0) is 17.2. The van der Waals surface area contributed by atoms with E-state index in [1.165, 1.54) is 0 Å². The van der Waals surface area contributed by atoms with E-state index in [1.807, 2.05) is 72.8 Å². The Hall–Kier alpha value is -2.19. The van der Waals surface area contributed by atoms with Gasteiger partial charge in [0.1, 0.15) is 0 Å². The first kappa shape index (κ1) is 16.7. The first-order valence-corrected chi connectivity index (χ1v) is 8.90. The van der Waals surface area contributed by atoms with Gasteiger partial charge in [-0.25, -0.2) is 0 Å².